The largest absolute Gasteiger partial charge is 0.373 e. The van der Waals surface area contributed by atoms with Crippen LogP contribution in [-0.2, 0) is 9.53 Å². The average Bonchev–Trinajstić information content (AvgIpc) is 2.39. The second-order valence-corrected chi connectivity index (χ2v) is 4.53. The van der Waals surface area contributed by atoms with Crippen molar-refractivity contribution in [1.82, 2.24) is 0 Å². The van der Waals surface area contributed by atoms with Gasteiger partial charge in [-0.05, 0) is 17.0 Å². The minimum Gasteiger partial charge on any atom is -0.373 e. The van der Waals surface area contributed by atoms with Crippen LogP contribution in [0.5, 0.6) is 0 Å². The van der Waals surface area contributed by atoms with Crippen molar-refractivity contribution in [2.24, 2.45) is 0 Å². The predicted octanol–water partition coefficient (Wildman–Crippen LogP) is 3.40. The number of hydrogen-bond donors (Lipinski definition) is 0. The van der Waals surface area contributed by atoms with E-state index in [4.69, 9.17) is 4.74 Å². The average molecular weight is 244 g/mol. The van der Waals surface area contributed by atoms with E-state index >= 15 is 0 Å². The number of benzene rings is 2. The lowest BCUT2D eigenvalue weighted by Gasteiger charge is -2.23. The van der Waals surface area contributed by atoms with E-state index in [0.717, 1.165) is 10.9 Å². The maximum atomic E-state index is 13.7. The molecule has 2 nitrogen and oxygen atoms in total. The van der Waals surface area contributed by atoms with E-state index in [2.05, 4.69) is 0 Å². The van der Waals surface area contributed by atoms with Gasteiger partial charge in [0.1, 0.15) is 11.6 Å². The van der Waals surface area contributed by atoms with Crippen LogP contribution in [0.3, 0.4) is 0 Å². The van der Waals surface area contributed by atoms with E-state index in [9.17, 15) is 9.18 Å². The summed E-state index contributed by atoms with van der Waals surface area (Å²) in [6.45, 7) is 0.454. The molecular formula is C15H13FO2. The summed E-state index contributed by atoms with van der Waals surface area (Å²) in [6.07, 6.45) is 0.627. The van der Waals surface area contributed by atoms with Gasteiger partial charge < -0.3 is 4.74 Å². The molecule has 0 spiro atoms. The molecule has 1 saturated heterocycles. The minimum atomic E-state index is -0.239. The maximum Gasteiger partial charge on any atom is 0.138 e. The summed E-state index contributed by atoms with van der Waals surface area (Å²) in [7, 11) is 0. The van der Waals surface area contributed by atoms with Gasteiger partial charge in [0.2, 0.25) is 0 Å². The number of rotatable bonds is 1. The molecule has 0 radical (unpaired) electrons. The zero-order valence-electron chi connectivity index (χ0n) is 9.86. The third kappa shape index (κ3) is 1.91. The molecule has 3 rings (SSSR count). The normalized spacial score (nSPS) is 20.3. The smallest absolute Gasteiger partial charge is 0.138 e. The highest BCUT2D eigenvalue weighted by Gasteiger charge is 2.23. The van der Waals surface area contributed by atoms with Gasteiger partial charge in [0, 0.05) is 18.2 Å². The molecule has 2 aromatic rings. The van der Waals surface area contributed by atoms with Crippen molar-refractivity contribution in [3.8, 4) is 0 Å². The molecule has 0 aliphatic carbocycles. The highest BCUT2D eigenvalue weighted by molar-refractivity contribution is 5.88. The number of carbonyl (C=O) groups is 1. The summed E-state index contributed by atoms with van der Waals surface area (Å²) >= 11 is 0. The van der Waals surface area contributed by atoms with Gasteiger partial charge >= 0.3 is 0 Å². The summed E-state index contributed by atoms with van der Waals surface area (Å²) in [5.41, 5.74) is 0.903. The molecule has 1 fully saturated rings. The van der Waals surface area contributed by atoms with Crippen LogP contribution in [0.4, 0.5) is 4.39 Å². The van der Waals surface area contributed by atoms with Crippen molar-refractivity contribution in [2.45, 2.75) is 18.9 Å². The van der Waals surface area contributed by atoms with Crippen molar-refractivity contribution in [1.29, 1.82) is 0 Å². The van der Waals surface area contributed by atoms with Crippen molar-refractivity contribution in [2.75, 3.05) is 6.61 Å². The van der Waals surface area contributed by atoms with Crippen LogP contribution >= 0.6 is 0 Å². The maximum absolute atomic E-state index is 13.7. The first-order chi connectivity index (χ1) is 8.75. The first-order valence-corrected chi connectivity index (χ1v) is 6.06. The topological polar surface area (TPSA) is 26.3 Å². The van der Waals surface area contributed by atoms with Crippen LogP contribution in [0.15, 0.2) is 36.4 Å². The second kappa shape index (κ2) is 4.50. The summed E-state index contributed by atoms with van der Waals surface area (Å²) in [6, 6.07) is 10.5. The van der Waals surface area contributed by atoms with Crippen molar-refractivity contribution >= 4 is 16.6 Å². The number of carbonyl (C=O) groups excluding carboxylic acids is 1. The predicted molar refractivity (Wildman–Crippen MR) is 66.8 cm³/mol. The second-order valence-electron chi connectivity index (χ2n) is 4.53. The first-order valence-electron chi connectivity index (χ1n) is 6.06. The molecule has 0 aromatic heterocycles. The Morgan fingerprint density at radius 3 is 2.67 bits per heavy atom. The number of Topliss-reactive ketones (excluding diaryl/α,β-unsaturated/α-hetero) is 1. The minimum absolute atomic E-state index is 0.208. The van der Waals surface area contributed by atoms with Crippen LogP contribution in [-0.4, -0.2) is 12.4 Å². The number of ether oxygens (including phenoxy) is 1. The lowest BCUT2D eigenvalue weighted by molar-refractivity contribution is -0.128. The number of fused-ring (bicyclic) bond motifs is 1. The Hall–Kier alpha value is -1.74. The Morgan fingerprint density at radius 1 is 1.11 bits per heavy atom. The molecule has 0 amide bonds. The van der Waals surface area contributed by atoms with Gasteiger partial charge in [0.15, 0.2) is 0 Å². The summed E-state index contributed by atoms with van der Waals surface area (Å²) in [5.74, 6) is -0.0313. The zero-order valence-corrected chi connectivity index (χ0v) is 9.86. The third-order valence-electron chi connectivity index (χ3n) is 3.36. The molecule has 18 heavy (non-hydrogen) atoms. The molecule has 1 unspecified atom stereocenters. The van der Waals surface area contributed by atoms with E-state index in [-0.39, 0.29) is 17.7 Å². The molecule has 2 aromatic carbocycles. The Balaban J connectivity index is 2.11. The van der Waals surface area contributed by atoms with Crippen LogP contribution < -0.4 is 0 Å². The number of hydrogen-bond acceptors (Lipinski definition) is 2. The molecule has 1 heterocycles. The van der Waals surface area contributed by atoms with E-state index in [1.165, 1.54) is 6.07 Å². The van der Waals surface area contributed by atoms with Gasteiger partial charge in [-0.15, -0.1) is 0 Å². The van der Waals surface area contributed by atoms with Gasteiger partial charge in [-0.1, -0.05) is 30.3 Å². The fourth-order valence-corrected chi connectivity index (χ4v) is 2.45. The van der Waals surface area contributed by atoms with Gasteiger partial charge in [0.05, 0.1) is 12.7 Å². The van der Waals surface area contributed by atoms with E-state index in [1.807, 2.05) is 18.2 Å². The molecule has 1 aliphatic rings. The van der Waals surface area contributed by atoms with Crippen molar-refractivity contribution < 1.29 is 13.9 Å². The molecule has 3 heteroatoms. The molecular weight excluding hydrogens is 231 g/mol. The summed E-state index contributed by atoms with van der Waals surface area (Å²) in [4.78, 5) is 11.5. The fourth-order valence-electron chi connectivity index (χ4n) is 2.45. The Labute approximate surface area is 104 Å². The molecule has 1 aliphatic heterocycles. The SMILES string of the molecule is O=C1CCOC(c2ccc(F)c3ccccc23)C1. The van der Waals surface area contributed by atoms with E-state index in [1.54, 1.807) is 12.1 Å². The summed E-state index contributed by atoms with van der Waals surface area (Å²) in [5, 5.41) is 1.41. The number of halogens is 1. The summed E-state index contributed by atoms with van der Waals surface area (Å²) < 4.78 is 19.3. The number of ketones is 1. The van der Waals surface area contributed by atoms with Gasteiger partial charge in [-0.3, -0.25) is 4.79 Å². The lowest BCUT2D eigenvalue weighted by Crippen LogP contribution is -2.19. The van der Waals surface area contributed by atoms with Crippen LogP contribution in [0, 0.1) is 5.82 Å². The lowest BCUT2D eigenvalue weighted by atomic mass is 9.95. The fraction of sp³-hybridized carbons (Fsp3) is 0.267. The monoisotopic (exact) mass is 244 g/mol. The Morgan fingerprint density at radius 2 is 1.89 bits per heavy atom. The van der Waals surface area contributed by atoms with Gasteiger partial charge in [0.25, 0.3) is 0 Å². The molecule has 0 N–H and O–H groups in total. The highest BCUT2D eigenvalue weighted by Crippen LogP contribution is 2.32. The Bertz CT molecular complexity index is 606. The molecule has 0 bridgehead atoms. The molecule has 1 atom stereocenters. The zero-order chi connectivity index (χ0) is 12.5. The van der Waals surface area contributed by atoms with Gasteiger partial charge in [-0.2, -0.15) is 0 Å². The standard InChI is InChI=1S/C15H13FO2/c16-14-6-5-13(11-3-1-2-4-12(11)14)15-9-10(17)7-8-18-15/h1-6,15H,7-9H2. The molecule has 92 valence electrons. The molecule has 0 saturated carbocycles. The van der Waals surface area contributed by atoms with Crippen molar-refractivity contribution in [3.63, 3.8) is 0 Å². The van der Waals surface area contributed by atoms with E-state index in [0.29, 0.717) is 24.8 Å². The van der Waals surface area contributed by atoms with Crippen LogP contribution in [0.25, 0.3) is 10.8 Å². The van der Waals surface area contributed by atoms with Crippen LogP contribution in [0.1, 0.15) is 24.5 Å². The van der Waals surface area contributed by atoms with Crippen LogP contribution in [0.2, 0.25) is 0 Å². The third-order valence-corrected chi connectivity index (χ3v) is 3.36. The first kappa shape index (κ1) is 11.4. The van der Waals surface area contributed by atoms with Gasteiger partial charge in [-0.25, -0.2) is 4.39 Å². The quantitative estimate of drug-likeness (QED) is 0.768. The highest BCUT2D eigenvalue weighted by atomic mass is 19.1. The van der Waals surface area contributed by atoms with Crippen molar-refractivity contribution in [3.05, 3.63) is 47.8 Å². The Kier molecular flexibility index (Phi) is 2.84. The van der Waals surface area contributed by atoms with E-state index < -0.39 is 0 Å².